The number of hydrogen-bond acceptors (Lipinski definition) is 8. The van der Waals surface area contributed by atoms with E-state index < -0.39 is 18.1 Å². The van der Waals surface area contributed by atoms with Crippen molar-refractivity contribution in [1.29, 1.82) is 10.5 Å². The third kappa shape index (κ3) is 9.93. The molecule has 3 atom stereocenters. The molecule has 11 heteroatoms. The van der Waals surface area contributed by atoms with Gasteiger partial charge in [-0.1, -0.05) is 24.9 Å². The Kier molecular flexibility index (Phi) is 12.8. The maximum absolute atomic E-state index is 13.5. The number of rotatable bonds is 13. The third-order valence-electron chi connectivity index (χ3n) is 7.63. The average Bonchev–Trinajstić information content (AvgIpc) is 2.98. The molecular weight excluding hydrogens is 568 g/mol. The molecule has 0 bridgehead atoms. The Labute approximate surface area is 259 Å². The van der Waals surface area contributed by atoms with E-state index in [1.54, 1.807) is 19.1 Å². The maximum Gasteiger partial charge on any atom is 0.259 e. The summed E-state index contributed by atoms with van der Waals surface area (Å²) in [7, 11) is 0. The molecule has 10 nitrogen and oxygen atoms in total. The highest BCUT2D eigenvalue weighted by Gasteiger charge is 2.29. The fourth-order valence-corrected chi connectivity index (χ4v) is 5.39. The smallest absolute Gasteiger partial charge is 0.259 e. The lowest BCUT2D eigenvalue weighted by Gasteiger charge is -2.34. The molecule has 1 aromatic carbocycles. The van der Waals surface area contributed by atoms with E-state index in [4.69, 9.17) is 16.3 Å². The zero-order chi connectivity index (χ0) is 31.5. The summed E-state index contributed by atoms with van der Waals surface area (Å²) in [6.45, 7) is 9.59. The SMILES string of the molecule is CCCC(C#N)CC(O)CC(C)Oc1cc(C#N)cc(C(=O)Nc2ccc(Cl)cn2)c1NC(=O)C1CCN(C(C)C)CC1. The van der Waals surface area contributed by atoms with Crippen molar-refractivity contribution in [2.75, 3.05) is 23.7 Å². The normalized spacial score (nSPS) is 16.0. The summed E-state index contributed by atoms with van der Waals surface area (Å²) < 4.78 is 6.20. The van der Waals surface area contributed by atoms with E-state index in [-0.39, 0.29) is 52.5 Å². The van der Waals surface area contributed by atoms with Crippen LogP contribution >= 0.6 is 11.6 Å². The first-order valence-electron chi connectivity index (χ1n) is 14.8. The van der Waals surface area contributed by atoms with E-state index in [9.17, 15) is 25.2 Å². The van der Waals surface area contributed by atoms with E-state index in [2.05, 4.69) is 46.5 Å². The summed E-state index contributed by atoms with van der Waals surface area (Å²) in [6, 6.07) is 10.7. The number of aliphatic hydroxyl groups excluding tert-OH is 1. The van der Waals surface area contributed by atoms with Gasteiger partial charge in [0.25, 0.3) is 5.91 Å². The van der Waals surface area contributed by atoms with Crippen LogP contribution in [0.15, 0.2) is 30.5 Å². The highest BCUT2D eigenvalue weighted by atomic mass is 35.5. The number of halogens is 1. The number of amides is 2. The number of pyridine rings is 1. The minimum atomic E-state index is -0.784. The topological polar surface area (TPSA) is 151 Å². The molecule has 0 saturated carbocycles. The molecule has 1 aromatic heterocycles. The number of carbonyl (C=O) groups is 2. The number of carbonyl (C=O) groups excluding carboxylic acids is 2. The molecule has 3 unspecified atom stereocenters. The van der Waals surface area contributed by atoms with Crippen LogP contribution in [0.5, 0.6) is 5.75 Å². The lowest BCUT2D eigenvalue weighted by Crippen LogP contribution is -2.41. The van der Waals surface area contributed by atoms with Crippen molar-refractivity contribution in [1.82, 2.24) is 9.88 Å². The fraction of sp³-hybridized carbons (Fsp3) is 0.531. The summed E-state index contributed by atoms with van der Waals surface area (Å²) in [5.41, 5.74) is 0.343. The average molecular weight is 609 g/mol. The zero-order valence-electron chi connectivity index (χ0n) is 25.3. The van der Waals surface area contributed by atoms with Crippen LogP contribution in [-0.4, -0.2) is 58.1 Å². The molecule has 230 valence electrons. The van der Waals surface area contributed by atoms with Gasteiger partial charge in [0, 0.05) is 36.6 Å². The fourth-order valence-electron chi connectivity index (χ4n) is 5.27. The largest absolute Gasteiger partial charge is 0.488 e. The van der Waals surface area contributed by atoms with Crippen molar-refractivity contribution in [3.05, 3.63) is 46.6 Å². The summed E-state index contributed by atoms with van der Waals surface area (Å²) in [4.78, 5) is 33.5. The number of benzene rings is 1. The molecule has 1 aliphatic heterocycles. The standard InChI is InChI=1S/C32H41ClN6O4/c1-5-6-22(17-34)14-26(40)13-21(4)43-28-16-23(18-35)15-27(32(42)37-29-8-7-25(33)19-36-29)30(28)38-31(41)24-9-11-39(12-10-24)20(2)3/h7-8,15-16,19-22,24,26,40H,5-6,9-14H2,1-4H3,(H,38,41)(H,36,37,42). The van der Waals surface area contributed by atoms with E-state index in [0.29, 0.717) is 36.7 Å². The van der Waals surface area contributed by atoms with E-state index in [0.717, 1.165) is 19.5 Å². The predicted molar refractivity (Wildman–Crippen MR) is 166 cm³/mol. The number of aromatic nitrogens is 1. The number of ether oxygens (including phenoxy) is 1. The van der Waals surface area contributed by atoms with Gasteiger partial charge in [0.2, 0.25) is 5.91 Å². The Hall–Kier alpha value is -3.70. The molecule has 0 spiro atoms. The number of likely N-dealkylation sites (tertiary alicyclic amines) is 1. The molecular formula is C32H41ClN6O4. The van der Waals surface area contributed by atoms with Crippen LogP contribution in [0.4, 0.5) is 11.5 Å². The minimum Gasteiger partial charge on any atom is -0.488 e. The molecule has 43 heavy (non-hydrogen) atoms. The summed E-state index contributed by atoms with van der Waals surface area (Å²) in [5, 5.41) is 35.9. The van der Waals surface area contributed by atoms with Crippen LogP contribution in [-0.2, 0) is 4.79 Å². The second kappa shape index (κ2) is 16.2. The highest BCUT2D eigenvalue weighted by molar-refractivity contribution is 6.30. The minimum absolute atomic E-state index is 0.0407. The van der Waals surface area contributed by atoms with Crippen LogP contribution in [0.25, 0.3) is 0 Å². The van der Waals surface area contributed by atoms with Gasteiger partial charge in [-0.25, -0.2) is 4.98 Å². The van der Waals surface area contributed by atoms with Crippen LogP contribution in [0.3, 0.4) is 0 Å². The molecule has 2 aromatic rings. The van der Waals surface area contributed by atoms with E-state index in [1.165, 1.54) is 18.3 Å². The Balaban J connectivity index is 1.90. The van der Waals surface area contributed by atoms with Gasteiger partial charge in [0.05, 0.1) is 46.2 Å². The van der Waals surface area contributed by atoms with Crippen LogP contribution in [0.1, 0.15) is 82.1 Å². The van der Waals surface area contributed by atoms with Crippen molar-refractivity contribution in [2.24, 2.45) is 11.8 Å². The van der Waals surface area contributed by atoms with Gasteiger partial charge < -0.3 is 25.4 Å². The predicted octanol–water partition coefficient (Wildman–Crippen LogP) is 5.77. The van der Waals surface area contributed by atoms with E-state index >= 15 is 0 Å². The van der Waals surface area contributed by atoms with E-state index in [1.807, 2.05) is 6.92 Å². The monoisotopic (exact) mass is 608 g/mol. The second-order valence-corrected chi connectivity index (χ2v) is 11.8. The Morgan fingerprint density at radius 2 is 1.88 bits per heavy atom. The number of anilines is 2. The van der Waals surface area contributed by atoms with Gasteiger partial charge in [-0.15, -0.1) is 0 Å². The Morgan fingerprint density at radius 1 is 1.16 bits per heavy atom. The van der Waals surface area contributed by atoms with Gasteiger partial charge in [0.15, 0.2) is 0 Å². The first-order chi connectivity index (χ1) is 20.5. The molecule has 2 amide bonds. The Bertz CT molecular complexity index is 1330. The molecule has 1 fully saturated rings. The number of hydrogen-bond donors (Lipinski definition) is 3. The number of nitriles is 2. The molecule has 3 rings (SSSR count). The molecule has 0 aliphatic carbocycles. The molecule has 1 aliphatic rings. The van der Waals surface area contributed by atoms with Crippen LogP contribution in [0.2, 0.25) is 5.02 Å². The first kappa shape index (κ1) is 33.8. The van der Waals surface area contributed by atoms with Crippen molar-refractivity contribution < 1.29 is 19.4 Å². The third-order valence-corrected chi connectivity index (χ3v) is 7.86. The van der Waals surface area contributed by atoms with Crippen molar-refractivity contribution in [3.8, 4) is 17.9 Å². The van der Waals surface area contributed by atoms with Crippen LogP contribution in [0, 0.1) is 34.5 Å². The van der Waals surface area contributed by atoms with Crippen molar-refractivity contribution in [2.45, 2.75) is 84.5 Å². The van der Waals surface area contributed by atoms with Gasteiger partial charge >= 0.3 is 0 Å². The maximum atomic E-state index is 13.5. The van der Waals surface area contributed by atoms with Gasteiger partial charge in [-0.05, 0) is 77.7 Å². The molecule has 1 saturated heterocycles. The van der Waals surface area contributed by atoms with Gasteiger partial charge in [-0.3, -0.25) is 9.59 Å². The van der Waals surface area contributed by atoms with Gasteiger partial charge in [-0.2, -0.15) is 10.5 Å². The highest BCUT2D eigenvalue weighted by Crippen LogP contribution is 2.34. The van der Waals surface area contributed by atoms with Gasteiger partial charge in [0.1, 0.15) is 11.6 Å². The van der Waals surface area contributed by atoms with Crippen molar-refractivity contribution >= 4 is 34.9 Å². The number of nitrogens with zero attached hydrogens (tertiary/aromatic N) is 4. The molecule has 0 radical (unpaired) electrons. The number of nitrogens with one attached hydrogen (secondary N) is 2. The first-order valence-corrected chi connectivity index (χ1v) is 15.2. The zero-order valence-corrected chi connectivity index (χ0v) is 26.0. The molecule has 3 N–H and O–H groups in total. The Morgan fingerprint density at radius 3 is 2.47 bits per heavy atom. The summed E-state index contributed by atoms with van der Waals surface area (Å²) >= 11 is 5.93. The quantitative estimate of drug-likeness (QED) is 0.259. The van der Waals surface area contributed by atoms with Crippen molar-refractivity contribution in [3.63, 3.8) is 0 Å². The lowest BCUT2D eigenvalue weighted by molar-refractivity contribution is -0.121. The van der Waals surface area contributed by atoms with Crippen LogP contribution < -0.4 is 15.4 Å². The number of aliphatic hydroxyl groups is 1. The summed E-state index contributed by atoms with van der Waals surface area (Å²) in [6.07, 6.45) is 3.48. The second-order valence-electron chi connectivity index (χ2n) is 11.4. The molecule has 2 heterocycles. The number of piperidine rings is 1. The lowest BCUT2D eigenvalue weighted by atomic mass is 9.94. The summed E-state index contributed by atoms with van der Waals surface area (Å²) in [5.74, 6) is -0.956.